The molecule has 1 aliphatic rings. The smallest absolute Gasteiger partial charge is 0.193 e. The summed E-state index contributed by atoms with van der Waals surface area (Å²) in [7, 11) is -1.36. The minimum atomic E-state index is -3.08. The summed E-state index contributed by atoms with van der Waals surface area (Å²) in [6, 6.07) is 6.16. The fraction of sp³-hybridized carbons (Fsp3) is 0.650. The maximum Gasteiger partial charge on any atom is 0.193 e. The largest absolute Gasteiger partial charge is 0.488 e. The molecule has 1 aromatic carbocycles. The van der Waals surface area contributed by atoms with E-state index in [9.17, 15) is 8.42 Å². The van der Waals surface area contributed by atoms with E-state index in [1.807, 2.05) is 38.7 Å². The Morgan fingerprint density at radius 2 is 1.96 bits per heavy atom. The first-order valence-corrected chi connectivity index (χ1v) is 11.0. The number of rotatable bonds is 3. The van der Waals surface area contributed by atoms with Gasteiger partial charge in [-0.2, -0.15) is 0 Å². The van der Waals surface area contributed by atoms with Crippen LogP contribution in [0.2, 0.25) is 0 Å². The zero-order chi connectivity index (χ0) is 20.5. The summed E-state index contributed by atoms with van der Waals surface area (Å²) >= 11 is 0. The summed E-state index contributed by atoms with van der Waals surface area (Å²) < 4.78 is 29.8. The van der Waals surface area contributed by atoms with Gasteiger partial charge in [0.05, 0.1) is 10.5 Å². The zero-order valence-corrected chi connectivity index (χ0v) is 21.1. The summed E-state index contributed by atoms with van der Waals surface area (Å²) in [5, 5.41) is 3.37. The topological polar surface area (TPSA) is 71.0 Å². The quantitative estimate of drug-likeness (QED) is 0.374. The Kier molecular flexibility index (Phi) is 8.21. The second kappa shape index (κ2) is 9.19. The van der Waals surface area contributed by atoms with Gasteiger partial charge in [-0.3, -0.25) is 4.99 Å². The van der Waals surface area contributed by atoms with Crippen molar-refractivity contribution in [2.24, 2.45) is 4.99 Å². The first kappa shape index (κ1) is 25.0. The molecule has 8 heteroatoms. The number of hydrogen-bond donors (Lipinski definition) is 1. The minimum absolute atomic E-state index is 0. The Balaban J connectivity index is 0.00000392. The van der Waals surface area contributed by atoms with Crippen LogP contribution >= 0.6 is 24.0 Å². The summed E-state index contributed by atoms with van der Waals surface area (Å²) in [5.41, 5.74) is 1.90. The Hall–Kier alpha value is -1.03. The molecule has 0 spiro atoms. The lowest BCUT2D eigenvalue weighted by atomic mass is 10.1. The van der Waals surface area contributed by atoms with E-state index >= 15 is 0 Å². The molecular formula is C20H34IN3O3S. The SMILES string of the molecule is CN=C(NCc1ccc(C)cc1OC(C)(C)C)N1CCS(=O)(=O)C(C)(C)C1.I. The van der Waals surface area contributed by atoms with Crippen LogP contribution in [0.3, 0.4) is 0 Å². The molecule has 1 N–H and O–H groups in total. The second-order valence-electron chi connectivity index (χ2n) is 8.73. The monoisotopic (exact) mass is 523 g/mol. The Bertz CT molecular complexity index is 814. The third kappa shape index (κ3) is 6.23. The molecule has 0 bridgehead atoms. The predicted octanol–water partition coefficient (Wildman–Crippen LogP) is 3.37. The van der Waals surface area contributed by atoms with Crippen LogP contribution in [0.5, 0.6) is 5.75 Å². The molecule has 1 fully saturated rings. The molecular weight excluding hydrogens is 489 g/mol. The summed E-state index contributed by atoms with van der Waals surface area (Å²) in [5.74, 6) is 1.70. The van der Waals surface area contributed by atoms with Crippen LogP contribution in [0.15, 0.2) is 23.2 Å². The van der Waals surface area contributed by atoms with E-state index < -0.39 is 14.6 Å². The molecule has 0 saturated carbocycles. The van der Waals surface area contributed by atoms with Gasteiger partial charge < -0.3 is 15.0 Å². The summed E-state index contributed by atoms with van der Waals surface area (Å²) in [4.78, 5) is 6.37. The third-order valence-electron chi connectivity index (χ3n) is 4.63. The lowest BCUT2D eigenvalue weighted by molar-refractivity contribution is 0.129. The molecule has 1 heterocycles. The molecule has 6 nitrogen and oxygen atoms in total. The van der Waals surface area contributed by atoms with Crippen molar-refractivity contribution in [1.82, 2.24) is 10.2 Å². The maximum atomic E-state index is 12.2. The molecule has 1 saturated heterocycles. The number of aliphatic imine (C=N–C) groups is 1. The standard InChI is InChI=1S/C20H33N3O3S.HI/c1-15-8-9-16(17(12-15)26-19(2,3)4)13-22-18(21-7)23-10-11-27(24,25)20(5,6)14-23;/h8-9,12H,10-11,13-14H2,1-7H3,(H,21,22);1H. The van der Waals surface area contributed by atoms with Crippen LogP contribution in [0.25, 0.3) is 0 Å². The average Bonchev–Trinajstić information content (AvgIpc) is 2.51. The van der Waals surface area contributed by atoms with Gasteiger partial charge in [0, 0.05) is 32.2 Å². The highest BCUT2D eigenvalue weighted by Gasteiger charge is 2.40. The Labute approximate surface area is 187 Å². The van der Waals surface area contributed by atoms with Crippen molar-refractivity contribution in [3.8, 4) is 5.75 Å². The third-order valence-corrected chi connectivity index (χ3v) is 7.16. The minimum Gasteiger partial charge on any atom is -0.488 e. The van der Waals surface area contributed by atoms with E-state index in [0.29, 0.717) is 25.6 Å². The Morgan fingerprint density at radius 1 is 1.32 bits per heavy atom. The maximum absolute atomic E-state index is 12.2. The van der Waals surface area contributed by atoms with E-state index in [1.54, 1.807) is 20.9 Å². The van der Waals surface area contributed by atoms with Gasteiger partial charge in [-0.1, -0.05) is 12.1 Å². The van der Waals surface area contributed by atoms with Crippen LogP contribution in [-0.2, 0) is 16.4 Å². The van der Waals surface area contributed by atoms with Gasteiger partial charge in [-0.05, 0) is 53.2 Å². The molecule has 2 rings (SSSR count). The van der Waals surface area contributed by atoms with E-state index in [1.165, 1.54) is 0 Å². The zero-order valence-electron chi connectivity index (χ0n) is 18.0. The highest BCUT2D eigenvalue weighted by atomic mass is 127. The molecule has 0 aliphatic carbocycles. The molecule has 160 valence electrons. The predicted molar refractivity (Wildman–Crippen MR) is 127 cm³/mol. The van der Waals surface area contributed by atoms with Crippen LogP contribution < -0.4 is 10.1 Å². The van der Waals surface area contributed by atoms with Crippen molar-refractivity contribution in [3.05, 3.63) is 29.3 Å². The van der Waals surface area contributed by atoms with Gasteiger partial charge >= 0.3 is 0 Å². The first-order valence-electron chi connectivity index (χ1n) is 9.31. The molecule has 1 aliphatic heterocycles. The van der Waals surface area contributed by atoms with Crippen molar-refractivity contribution >= 4 is 39.8 Å². The van der Waals surface area contributed by atoms with Gasteiger partial charge in [0.1, 0.15) is 11.4 Å². The molecule has 0 amide bonds. The van der Waals surface area contributed by atoms with Gasteiger partial charge in [0.25, 0.3) is 0 Å². The average molecular weight is 523 g/mol. The molecule has 1 aromatic rings. The summed E-state index contributed by atoms with van der Waals surface area (Å²) in [6.07, 6.45) is 0. The molecule has 0 unspecified atom stereocenters. The van der Waals surface area contributed by atoms with Crippen LogP contribution in [0.4, 0.5) is 0 Å². The van der Waals surface area contributed by atoms with Gasteiger partial charge in [0.15, 0.2) is 15.8 Å². The number of guanidine groups is 1. The number of benzene rings is 1. The second-order valence-corrected chi connectivity index (χ2v) is 11.5. The van der Waals surface area contributed by atoms with Crippen molar-refractivity contribution in [1.29, 1.82) is 0 Å². The fourth-order valence-corrected chi connectivity index (χ4v) is 4.43. The number of ether oxygens (including phenoxy) is 1. The van der Waals surface area contributed by atoms with Crippen LogP contribution in [-0.4, -0.2) is 55.5 Å². The highest BCUT2D eigenvalue weighted by molar-refractivity contribution is 14.0. The number of nitrogens with one attached hydrogen (secondary N) is 1. The van der Waals surface area contributed by atoms with Crippen molar-refractivity contribution in [3.63, 3.8) is 0 Å². The van der Waals surface area contributed by atoms with E-state index in [-0.39, 0.29) is 35.3 Å². The molecule has 0 aromatic heterocycles. The highest BCUT2D eigenvalue weighted by Crippen LogP contribution is 2.26. The van der Waals surface area contributed by atoms with Gasteiger partial charge in [-0.25, -0.2) is 8.42 Å². The van der Waals surface area contributed by atoms with Gasteiger partial charge in [0.2, 0.25) is 0 Å². The number of aryl methyl sites for hydroxylation is 1. The normalized spacial score (nSPS) is 19.0. The number of nitrogens with zero attached hydrogens (tertiary/aromatic N) is 2. The first-order chi connectivity index (χ1) is 12.3. The number of halogens is 1. The van der Waals surface area contributed by atoms with Crippen LogP contribution in [0.1, 0.15) is 45.7 Å². The number of hydrogen-bond acceptors (Lipinski definition) is 4. The molecule has 28 heavy (non-hydrogen) atoms. The van der Waals surface area contributed by atoms with Crippen LogP contribution in [0, 0.1) is 6.92 Å². The van der Waals surface area contributed by atoms with E-state index in [2.05, 4.69) is 22.4 Å². The summed E-state index contributed by atoms with van der Waals surface area (Å²) in [6.45, 7) is 13.1. The molecule has 0 atom stereocenters. The lowest BCUT2D eigenvalue weighted by Gasteiger charge is -2.39. The van der Waals surface area contributed by atoms with E-state index in [4.69, 9.17) is 4.74 Å². The van der Waals surface area contributed by atoms with Gasteiger partial charge in [-0.15, -0.1) is 24.0 Å². The van der Waals surface area contributed by atoms with E-state index in [0.717, 1.165) is 16.9 Å². The number of sulfone groups is 1. The van der Waals surface area contributed by atoms with Crippen molar-refractivity contribution < 1.29 is 13.2 Å². The van der Waals surface area contributed by atoms with Crippen molar-refractivity contribution in [2.45, 2.75) is 58.4 Å². The lowest BCUT2D eigenvalue weighted by Crippen LogP contribution is -2.57. The molecule has 0 radical (unpaired) electrons. The Morgan fingerprint density at radius 3 is 2.50 bits per heavy atom. The van der Waals surface area contributed by atoms with Crippen molar-refractivity contribution in [2.75, 3.05) is 25.9 Å². The fourth-order valence-electron chi connectivity index (χ4n) is 3.06.